The molecule has 13 heavy (non-hydrogen) atoms. The molecule has 1 aliphatic rings. The van der Waals surface area contributed by atoms with Crippen LogP contribution in [0.15, 0.2) is 0 Å². The fourth-order valence-corrected chi connectivity index (χ4v) is 2.08. The van der Waals surface area contributed by atoms with Crippen LogP contribution in [-0.2, 0) is 0 Å². The van der Waals surface area contributed by atoms with E-state index < -0.39 is 0 Å². The molecule has 3 heteroatoms. The van der Waals surface area contributed by atoms with Crippen molar-refractivity contribution in [3.05, 3.63) is 0 Å². The standard InChI is InChI=1S/C10H22N2S/c1-13-10-6-11-5-4-9-12-7-2-3-8-12/h11H,2-10H2,1H3. The molecule has 1 fully saturated rings. The van der Waals surface area contributed by atoms with E-state index in [0.29, 0.717) is 0 Å². The minimum absolute atomic E-state index is 1.17. The lowest BCUT2D eigenvalue weighted by atomic mass is 10.4. The minimum Gasteiger partial charge on any atom is -0.316 e. The molecule has 0 amide bonds. The Kier molecular flexibility index (Phi) is 6.68. The summed E-state index contributed by atoms with van der Waals surface area (Å²) in [7, 11) is 0. The third-order valence-electron chi connectivity index (χ3n) is 2.51. The topological polar surface area (TPSA) is 15.3 Å². The number of hydrogen-bond acceptors (Lipinski definition) is 3. The molecule has 0 radical (unpaired) electrons. The van der Waals surface area contributed by atoms with Crippen molar-refractivity contribution in [2.75, 3.05) is 44.7 Å². The van der Waals surface area contributed by atoms with E-state index in [-0.39, 0.29) is 0 Å². The number of hydrogen-bond donors (Lipinski definition) is 1. The zero-order valence-corrected chi connectivity index (χ0v) is 9.54. The Morgan fingerprint density at radius 2 is 2.00 bits per heavy atom. The molecule has 0 aromatic rings. The van der Waals surface area contributed by atoms with Gasteiger partial charge in [-0.15, -0.1) is 0 Å². The fourth-order valence-electron chi connectivity index (χ4n) is 1.73. The van der Waals surface area contributed by atoms with Crippen LogP contribution in [0.1, 0.15) is 19.3 Å². The molecule has 2 nitrogen and oxygen atoms in total. The quantitative estimate of drug-likeness (QED) is 0.629. The second-order valence-corrected chi connectivity index (χ2v) is 4.63. The molecule has 1 N–H and O–H groups in total. The number of nitrogens with one attached hydrogen (secondary N) is 1. The van der Waals surface area contributed by atoms with Gasteiger partial charge >= 0.3 is 0 Å². The Bertz CT molecular complexity index is 113. The van der Waals surface area contributed by atoms with Crippen molar-refractivity contribution in [2.24, 2.45) is 0 Å². The molecule has 0 spiro atoms. The molecule has 0 atom stereocenters. The van der Waals surface area contributed by atoms with Crippen LogP contribution in [-0.4, -0.2) is 49.6 Å². The summed E-state index contributed by atoms with van der Waals surface area (Å²) in [6, 6.07) is 0. The first-order valence-electron chi connectivity index (χ1n) is 5.35. The van der Waals surface area contributed by atoms with Crippen molar-refractivity contribution in [1.29, 1.82) is 0 Å². The predicted octanol–water partition coefficient (Wildman–Crippen LogP) is 1.42. The van der Waals surface area contributed by atoms with E-state index in [0.717, 1.165) is 0 Å². The summed E-state index contributed by atoms with van der Waals surface area (Å²) in [4.78, 5) is 2.58. The first-order valence-corrected chi connectivity index (χ1v) is 6.75. The third kappa shape index (κ3) is 5.55. The number of thioether (sulfide) groups is 1. The van der Waals surface area contributed by atoms with Gasteiger partial charge in [0.2, 0.25) is 0 Å². The minimum atomic E-state index is 1.17. The van der Waals surface area contributed by atoms with Crippen LogP contribution in [0.4, 0.5) is 0 Å². The predicted molar refractivity (Wildman–Crippen MR) is 61.5 cm³/mol. The largest absolute Gasteiger partial charge is 0.316 e. The maximum atomic E-state index is 3.46. The average Bonchev–Trinajstić information content (AvgIpc) is 2.63. The van der Waals surface area contributed by atoms with E-state index in [2.05, 4.69) is 16.5 Å². The molecule has 1 saturated heterocycles. The summed E-state index contributed by atoms with van der Waals surface area (Å²) in [5, 5.41) is 3.46. The van der Waals surface area contributed by atoms with Crippen molar-refractivity contribution >= 4 is 11.8 Å². The third-order valence-corrected chi connectivity index (χ3v) is 3.12. The summed E-state index contributed by atoms with van der Waals surface area (Å²) in [6.07, 6.45) is 6.31. The van der Waals surface area contributed by atoms with E-state index in [1.165, 1.54) is 57.7 Å². The number of nitrogens with zero attached hydrogens (tertiary/aromatic N) is 1. The molecule has 1 aliphatic heterocycles. The van der Waals surface area contributed by atoms with Gasteiger partial charge in [-0.25, -0.2) is 0 Å². The van der Waals surface area contributed by atoms with Gasteiger partial charge in [-0.3, -0.25) is 0 Å². The van der Waals surface area contributed by atoms with Crippen LogP contribution < -0.4 is 5.32 Å². The summed E-state index contributed by atoms with van der Waals surface area (Å²) in [5.41, 5.74) is 0. The normalized spacial score (nSPS) is 18.2. The van der Waals surface area contributed by atoms with Crippen molar-refractivity contribution in [3.8, 4) is 0 Å². The zero-order chi connectivity index (χ0) is 9.36. The van der Waals surface area contributed by atoms with Crippen molar-refractivity contribution in [1.82, 2.24) is 10.2 Å². The van der Waals surface area contributed by atoms with Crippen LogP contribution in [0.5, 0.6) is 0 Å². The van der Waals surface area contributed by atoms with Crippen LogP contribution >= 0.6 is 11.8 Å². The van der Waals surface area contributed by atoms with Gasteiger partial charge in [-0.05, 0) is 51.7 Å². The maximum Gasteiger partial charge on any atom is 0.00553 e. The van der Waals surface area contributed by atoms with Gasteiger partial charge in [0.05, 0.1) is 0 Å². The molecule has 0 saturated carbocycles. The van der Waals surface area contributed by atoms with Crippen LogP contribution in [0.3, 0.4) is 0 Å². The fraction of sp³-hybridized carbons (Fsp3) is 1.00. The van der Waals surface area contributed by atoms with Gasteiger partial charge in [-0.1, -0.05) is 0 Å². The Morgan fingerprint density at radius 1 is 1.23 bits per heavy atom. The van der Waals surface area contributed by atoms with Gasteiger partial charge < -0.3 is 10.2 Å². The van der Waals surface area contributed by atoms with Gasteiger partial charge in [0, 0.05) is 12.3 Å². The van der Waals surface area contributed by atoms with E-state index >= 15 is 0 Å². The Labute approximate surface area is 86.5 Å². The highest BCUT2D eigenvalue weighted by Gasteiger charge is 2.09. The monoisotopic (exact) mass is 202 g/mol. The van der Waals surface area contributed by atoms with Crippen LogP contribution in [0.2, 0.25) is 0 Å². The Hall–Kier alpha value is 0.270. The highest BCUT2D eigenvalue weighted by Crippen LogP contribution is 2.06. The second kappa shape index (κ2) is 7.65. The molecular weight excluding hydrogens is 180 g/mol. The molecule has 0 aliphatic carbocycles. The Morgan fingerprint density at radius 3 is 2.69 bits per heavy atom. The smallest absolute Gasteiger partial charge is 0.00553 e. The number of rotatable bonds is 7. The highest BCUT2D eigenvalue weighted by molar-refractivity contribution is 7.98. The molecule has 0 aromatic heterocycles. The lowest BCUT2D eigenvalue weighted by Crippen LogP contribution is -2.25. The molecule has 1 rings (SSSR count). The van der Waals surface area contributed by atoms with E-state index in [1.807, 2.05) is 11.8 Å². The van der Waals surface area contributed by atoms with Crippen molar-refractivity contribution in [2.45, 2.75) is 19.3 Å². The highest BCUT2D eigenvalue weighted by atomic mass is 32.2. The summed E-state index contributed by atoms with van der Waals surface area (Å²) < 4.78 is 0. The van der Waals surface area contributed by atoms with Gasteiger partial charge in [-0.2, -0.15) is 11.8 Å². The van der Waals surface area contributed by atoms with Gasteiger partial charge in [0.25, 0.3) is 0 Å². The molecule has 0 bridgehead atoms. The summed E-state index contributed by atoms with van der Waals surface area (Å²) in [5.74, 6) is 1.24. The lowest BCUT2D eigenvalue weighted by molar-refractivity contribution is 0.331. The first-order chi connectivity index (χ1) is 6.43. The van der Waals surface area contributed by atoms with Gasteiger partial charge in [0.15, 0.2) is 0 Å². The number of likely N-dealkylation sites (tertiary alicyclic amines) is 1. The summed E-state index contributed by atoms with van der Waals surface area (Å²) >= 11 is 1.91. The maximum absolute atomic E-state index is 3.46. The average molecular weight is 202 g/mol. The van der Waals surface area contributed by atoms with Crippen molar-refractivity contribution < 1.29 is 0 Å². The molecule has 78 valence electrons. The summed E-state index contributed by atoms with van der Waals surface area (Å²) in [6.45, 7) is 6.33. The first kappa shape index (κ1) is 11.3. The van der Waals surface area contributed by atoms with Gasteiger partial charge in [0.1, 0.15) is 0 Å². The molecule has 0 unspecified atom stereocenters. The van der Waals surface area contributed by atoms with E-state index in [9.17, 15) is 0 Å². The lowest BCUT2D eigenvalue weighted by Gasteiger charge is -2.14. The SMILES string of the molecule is CSCCNCCCN1CCCC1. The molecule has 0 aromatic carbocycles. The molecular formula is C10H22N2S. The second-order valence-electron chi connectivity index (χ2n) is 3.65. The van der Waals surface area contributed by atoms with Crippen LogP contribution in [0, 0.1) is 0 Å². The Balaban J connectivity index is 1.78. The van der Waals surface area contributed by atoms with E-state index in [4.69, 9.17) is 0 Å². The van der Waals surface area contributed by atoms with Crippen LogP contribution in [0.25, 0.3) is 0 Å². The van der Waals surface area contributed by atoms with E-state index in [1.54, 1.807) is 0 Å². The molecule has 1 heterocycles. The zero-order valence-electron chi connectivity index (χ0n) is 8.72. The van der Waals surface area contributed by atoms with Crippen molar-refractivity contribution in [3.63, 3.8) is 0 Å².